The van der Waals surface area contributed by atoms with Gasteiger partial charge in [-0.05, 0) is 52.4 Å². The van der Waals surface area contributed by atoms with Gasteiger partial charge in [0.15, 0.2) is 0 Å². The maximum absolute atomic E-state index is 12.8. The number of aromatic nitrogens is 2. The van der Waals surface area contributed by atoms with Crippen molar-refractivity contribution in [1.29, 1.82) is 0 Å². The lowest BCUT2D eigenvalue weighted by Crippen LogP contribution is -2.20. The second-order valence-corrected chi connectivity index (χ2v) is 9.44. The van der Waals surface area contributed by atoms with E-state index in [9.17, 15) is 18.0 Å². The maximum Gasteiger partial charge on any atom is 0.416 e. The van der Waals surface area contributed by atoms with E-state index in [4.69, 9.17) is 0 Å². The minimum Gasteiger partial charge on any atom is -0.348 e. The molecule has 1 aromatic heterocycles. The molecule has 0 atom stereocenters. The summed E-state index contributed by atoms with van der Waals surface area (Å²) in [5.74, 6) is 0.374. The molecule has 2 N–H and O–H groups in total. The van der Waals surface area contributed by atoms with Crippen LogP contribution in [0, 0.1) is 0 Å². The first-order chi connectivity index (χ1) is 16.5. The van der Waals surface area contributed by atoms with E-state index in [1.807, 2.05) is 30.3 Å². The van der Waals surface area contributed by atoms with Crippen LogP contribution in [0.4, 0.5) is 13.2 Å². The summed E-state index contributed by atoms with van der Waals surface area (Å²) in [5, 5.41) is 2.61. The number of hydrogen-bond donors (Lipinski definition) is 2. The molecule has 3 aromatic carbocycles. The third-order valence-electron chi connectivity index (χ3n) is 5.68. The number of fused-ring (bicyclic) bond motifs is 1. The number of carbonyl (C=O) groups excluding carboxylic acids is 1. The number of carbonyl (C=O) groups is 1. The first-order valence-electron chi connectivity index (χ1n) is 11.2. The SMILES string of the molecule is CC(C)(C)c1ccc2nc(-c3ccc(/C=C/C(=O)NCc4cccc(C(F)(F)F)c4)cc3)[nH]c2c1. The predicted octanol–water partition coefficient (Wildman–Crippen LogP) is 6.88. The van der Waals surface area contributed by atoms with E-state index in [-0.39, 0.29) is 12.0 Å². The third kappa shape index (κ3) is 5.98. The Morgan fingerprint density at radius 3 is 2.40 bits per heavy atom. The van der Waals surface area contributed by atoms with Crippen molar-refractivity contribution in [2.24, 2.45) is 0 Å². The Bertz CT molecular complexity index is 1380. The molecule has 4 aromatic rings. The highest BCUT2D eigenvalue weighted by atomic mass is 19.4. The lowest BCUT2D eigenvalue weighted by Gasteiger charge is -2.18. The van der Waals surface area contributed by atoms with Crippen molar-refractivity contribution in [2.75, 3.05) is 0 Å². The van der Waals surface area contributed by atoms with Gasteiger partial charge in [0.2, 0.25) is 5.91 Å². The van der Waals surface area contributed by atoms with Crippen LogP contribution in [0.25, 0.3) is 28.5 Å². The van der Waals surface area contributed by atoms with E-state index in [0.29, 0.717) is 5.56 Å². The number of hydrogen-bond acceptors (Lipinski definition) is 2. The second kappa shape index (κ2) is 9.41. The quantitative estimate of drug-likeness (QED) is 0.308. The fourth-order valence-corrected chi connectivity index (χ4v) is 3.64. The van der Waals surface area contributed by atoms with Crippen LogP contribution in [0.15, 0.2) is 72.8 Å². The van der Waals surface area contributed by atoms with Crippen molar-refractivity contribution >= 4 is 23.0 Å². The predicted molar refractivity (Wildman–Crippen MR) is 133 cm³/mol. The van der Waals surface area contributed by atoms with E-state index >= 15 is 0 Å². The Hall–Kier alpha value is -3.87. The standard InChI is InChI=1S/C28H26F3N3O/c1-27(2,3)21-12-13-23-24(16-21)34-26(33-23)20-10-7-18(8-11-20)9-14-25(35)32-17-19-5-4-6-22(15-19)28(29,30)31/h4-16H,17H2,1-3H3,(H,32,35)(H,33,34)/b14-9+. The van der Waals surface area contributed by atoms with Gasteiger partial charge in [-0.1, -0.05) is 63.2 Å². The number of alkyl halides is 3. The minimum atomic E-state index is -4.41. The minimum absolute atomic E-state index is 0.00894. The molecule has 4 rings (SSSR count). The number of imidazole rings is 1. The molecule has 1 heterocycles. The van der Waals surface area contributed by atoms with Crippen LogP contribution in [0.5, 0.6) is 0 Å². The average molecular weight is 478 g/mol. The van der Waals surface area contributed by atoms with Crippen molar-refractivity contribution in [3.63, 3.8) is 0 Å². The number of nitrogens with zero attached hydrogens (tertiary/aromatic N) is 1. The molecule has 0 spiro atoms. The van der Waals surface area contributed by atoms with Crippen LogP contribution in [0.1, 0.15) is 43.0 Å². The third-order valence-corrected chi connectivity index (χ3v) is 5.68. The summed E-state index contributed by atoms with van der Waals surface area (Å²) in [4.78, 5) is 20.2. The van der Waals surface area contributed by atoms with Crippen LogP contribution < -0.4 is 5.32 Å². The van der Waals surface area contributed by atoms with Gasteiger partial charge in [-0.2, -0.15) is 13.2 Å². The molecule has 35 heavy (non-hydrogen) atoms. The van der Waals surface area contributed by atoms with E-state index in [1.54, 1.807) is 12.1 Å². The lowest BCUT2D eigenvalue weighted by atomic mass is 9.87. The van der Waals surface area contributed by atoms with Gasteiger partial charge in [-0.3, -0.25) is 4.79 Å². The number of aromatic amines is 1. The maximum atomic E-state index is 12.8. The van der Waals surface area contributed by atoms with Gasteiger partial charge in [-0.15, -0.1) is 0 Å². The summed E-state index contributed by atoms with van der Waals surface area (Å²) in [6.45, 7) is 6.52. The van der Waals surface area contributed by atoms with Crippen LogP contribution in [0.3, 0.4) is 0 Å². The molecular weight excluding hydrogens is 451 g/mol. The zero-order valence-electron chi connectivity index (χ0n) is 19.7. The van der Waals surface area contributed by atoms with Crippen molar-refractivity contribution in [1.82, 2.24) is 15.3 Å². The van der Waals surface area contributed by atoms with Gasteiger partial charge in [0.25, 0.3) is 0 Å². The van der Waals surface area contributed by atoms with Gasteiger partial charge in [0, 0.05) is 18.2 Å². The number of H-pyrrole nitrogens is 1. The van der Waals surface area contributed by atoms with Gasteiger partial charge in [-0.25, -0.2) is 4.98 Å². The first kappa shape index (κ1) is 24.3. The summed E-state index contributed by atoms with van der Waals surface area (Å²) >= 11 is 0. The molecule has 180 valence electrons. The summed E-state index contributed by atoms with van der Waals surface area (Å²) in [7, 11) is 0. The summed E-state index contributed by atoms with van der Waals surface area (Å²) in [6, 6.07) is 18.7. The van der Waals surface area contributed by atoms with Crippen LogP contribution >= 0.6 is 0 Å². The number of benzene rings is 3. The first-order valence-corrected chi connectivity index (χ1v) is 11.2. The summed E-state index contributed by atoms with van der Waals surface area (Å²) in [6.07, 6.45) is -1.40. The molecule has 0 aliphatic heterocycles. The Morgan fingerprint density at radius 2 is 1.71 bits per heavy atom. The Morgan fingerprint density at radius 1 is 0.971 bits per heavy atom. The van der Waals surface area contributed by atoms with Crippen LogP contribution in [-0.2, 0) is 22.9 Å². The van der Waals surface area contributed by atoms with E-state index in [1.165, 1.54) is 17.7 Å². The van der Waals surface area contributed by atoms with E-state index in [2.05, 4.69) is 48.2 Å². The summed E-state index contributed by atoms with van der Waals surface area (Å²) < 4.78 is 38.5. The number of amides is 1. The normalized spacial score (nSPS) is 12.4. The average Bonchev–Trinajstić information content (AvgIpc) is 3.24. The van der Waals surface area contributed by atoms with Gasteiger partial charge >= 0.3 is 6.18 Å². The molecule has 0 fully saturated rings. The number of nitrogens with one attached hydrogen (secondary N) is 2. The fourth-order valence-electron chi connectivity index (χ4n) is 3.64. The highest BCUT2D eigenvalue weighted by Gasteiger charge is 2.30. The molecule has 0 saturated carbocycles. The Labute approximate surface area is 201 Å². The lowest BCUT2D eigenvalue weighted by molar-refractivity contribution is -0.137. The monoisotopic (exact) mass is 477 g/mol. The molecule has 1 amide bonds. The van der Waals surface area contributed by atoms with E-state index in [0.717, 1.165) is 40.1 Å². The molecule has 4 nitrogen and oxygen atoms in total. The highest BCUT2D eigenvalue weighted by molar-refractivity contribution is 5.91. The zero-order chi connectivity index (χ0) is 25.2. The number of rotatable bonds is 5. The van der Waals surface area contributed by atoms with Crippen LogP contribution in [0.2, 0.25) is 0 Å². The largest absolute Gasteiger partial charge is 0.416 e. The summed E-state index contributed by atoms with van der Waals surface area (Å²) in [5.41, 5.74) is 4.53. The number of halogens is 3. The molecule has 0 unspecified atom stereocenters. The van der Waals surface area contributed by atoms with Gasteiger partial charge in [0.1, 0.15) is 5.82 Å². The van der Waals surface area contributed by atoms with E-state index < -0.39 is 17.6 Å². The molecule has 0 radical (unpaired) electrons. The molecule has 7 heteroatoms. The van der Waals surface area contributed by atoms with Crippen molar-refractivity contribution in [3.8, 4) is 11.4 Å². The Balaban J connectivity index is 1.39. The molecule has 0 saturated heterocycles. The van der Waals surface area contributed by atoms with Gasteiger partial charge < -0.3 is 10.3 Å². The van der Waals surface area contributed by atoms with Gasteiger partial charge in [0.05, 0.1) is 16.6 Å². The topological polar surface area (TPSA) is 57.8 Å². The fraction of sp³-hybridized carbons (Fsp3) is 0.214. The Kier molecular flexibility index (Phi) is 6.52. The molecular formula is C28H26F3N3O. The second-order valence-electron chi connectivity index (χ2n) is 9.44. The van der Waals surface area contributed by atoms with Crippen molar-refractivity contribution < 1.29 is 18.0 Å². The zero-order valence-corrected chi connectivity index (χ0v) is 19.7. The molecule has 0 bridgehead atoms. The van der Waals surface area contributed by atoms with Crippen molar-refractivity contribution in [3.05, 3.63) is 95.1 Å². The van der Waals surface area contributed by atoms with Crippen LogP contribution in [-0.4, -0.2) is 15.9 Å². The highest BCUT2D eigenvalue weighted by Crippen LogP contribution is 2.30. The molecule has 0 aliphatic rings. The smallest absolute Gasteiger partial charge is 0.348 e. The molecule has 0 aliphatic carbocycles. The van der Waals surface area contributed by atoms with Crippen molar-refractivity contribution in [2.45, 2.75) is 38.9 Å².